The van der Waals surface area contributed by atoms with E-state index in [1.165, 1.54) is 11.3 Å². The number of anilines is 2. The molecule has 2 aliphatic heterocycles. The maximum atomic E-state index is 13.5. The Hall–Kier alpha value is -2.53. The third-order valence-corrected chi connectivity index (χ3v) is 7.15. The van der Waals surface area contributed by atoms with Gasteiger partial charge < -0.3 is 10.2 Å². The van der Waals surface area contributed by atoms with E-state index >= 15 is 0 Å². The van der Waals surface area contributed by atoms with E-state index < -0.39 is 5.41 Å². The van der Waals surface area contributed by atoms with Crippen molar-refractivity contribution in [1.82, 2.24) is 4.90 Å². The highest BCUT2D eigenvalue weighted by Crippen LogP contribution is 2.45. The lowest BCUT2D eigenvalue weighted by Gasteiger charge is -2.38. The maximum absolute atomic E-state index is 13.5. The number of nitrogens with zero attached hydrogens (tertiary/aromatic N) is 2. The van der Waals surface area contributed by atoms with Crippen molar-refractivity contribution in [3.63, 3.8) is 0 Å². The van der Waals surface area contributed by atoms with E-state index in [0.717, 1.165) is 62.4 Å². The number of hydrogen-bond acceptors (Lipinski definition) is 3. The minimum absolute atomic E-state index is 0. The summed E-state index contributed by atoms with van der Waals surface area (Å²) in [6.45, 7) is 7.12. The molecule has 180 valence electrons. The number of aryl methyl sites for hydroxylation is 1. The molecule has 0 radical (unpaired) electrons. The fraction of sp³-hybridized carbons (Fsp3) is 0.321. The van der Waals surface area contributed by atoms with Crippen molar-refractivity contribution in [2.45, 2.75) is 25.2 Å². The SMILES string of the molecule is CCc1ccc2c(c1)NC(=O)C2(CCN1CCN(c2ccccc2)CC1)c1ccccc1.Cl.Cl. The summed E-state index contributed by atoms with van der Waals surface area (Å²) >= 11 is 0. The first-order valence-electron chi connectivity index (χ1n) is 11.7. The predicted octanol–water partition coefficient (Wildman–Crippen LogP) is 5.54. The molecule has 0 aliphatic carbocycles. The number of piperazine rings is 1. The number of hydrogen-bond donors (Lipinski definition) is 1. The van der Waals surface area contributed by atoms with E-state index in [9.17, 15) is 4.79 Å². The van der Waals surface area contributed by atoms with Crippen molar-refractivity contribution < 1.29 is 4.79 Å². The van der Waals surface area contributed by atoms with Crippen LogP contribution in [0.3, 0.4) is 0 Å². The van der Waals surface area contributed by atoms with Crippen molar-refractivity contribution in [3.05, 3.63) is 95.6 Å². The summed E-state index contributed by atoms with van der Waals surface area (Å²) in [5, 5.41) is 3.21. The Kier molecular flexibility index (Phi) is 8.64. The zero-order valence-electron chi connectivity index (χ0n) is 19.6. The van der Waals surface area contributed by atoms with Gasteiger partial charge in [-0.1, -0.05) is 67.6 Å². The number of para-hydroxylation sites is 1. The Morgan fingerprint density at radius 1 is 0.853 bits per heavy atom. The van der Waals surface area contributed by atoms with Gasteiger partial charge in [-0.3, -0.25) is 9.69 Å². The number of fused-ring (bicyclic) bond motifs is 1. The van der Waals surface area contributed by atoms with Gasteiger partial charge in [-0.15, -0.1) is 24.8 Å². The normalized spacial score (nSPS) is 19.6. The second kappa shape index (κ2) is 11.3. The highest BCUT2D eigenvalue weighted by molar-refractivity contribution is 6.08. The lowest BCUT2D eigenvalue weighted by molar-refractivity contribution is -0.119. The zero-order valence-corrected chi connectivity index (χ0v) is 21.2. The van der Waals surface area contributed by atoms with Gasteiger partial charge in [0.15, 0.2) is 0 Å². The summed E-state index contributed by atoms with van der Waals surface area (Å²) in [7, 11) is 0. The largest absolute Gasteiger partial charge is 0.369 e. The van der Waals surface area contributed by atoms with Crippen LogP contribution < -0.4 is 10.2 Å². The van der Waals surface area contributed by atoms with Crippen LogP contribution in [0.15, 0.2) is 78.9 Å². The van der Waals surface area contributed by atoms with Crippen LogP contribution in [-0.2, 0) is 16.6 Å². The fourth-order valence-electron chi connectivity index (χ4n) is 5.23. The van der Waals surface area contributed by atoms with Gasteiger partial charge in [0.25, 0.3) is 0 Å². The summed E-state index contributed by atoms with van der Waals surface area (Å²) < 4.78 is 0. The summed E-state index contributed by atoms with van der Waals surface area (Å²) in [6.07, 6.45) is 1.75. The van der Waals surface area contributed by atoms with Crippen LogP contribution in [0.2, 0.25) is 0 Å². The van der Waals surface area contributed by atoms with E-state index in [1.54, 1.807) is 0 Å². The van der Waals surface area contributed by atoms with Gasteiger partial charge in [0, 0.05) is 37.6 Å². The average molecular weight is 498 g/mol. The molecule has 0 spiro atoms. The number of carbonyl (C=O) groups is 1. The maximum Gasteiger partial charge on any atom is 0.239 e. The summed E-state index contributed by atoms with van der Waals surface area (Å²) in [5.41, 5.74) is 5.11. The molecule has 34 heavy (non-hydrogen) atoms. The molecule has 1 fully saturated rings. The minimum atomic E-state index is -0.626. The summed E-state index contributed by atoms with van der Waals surface area (Å²) in [4.78, 5) is 18.5. The number of nitrogens with one attached hydrogen (secondary N) is 1. The monoisotopic (exact) mass is 497 g/mol. The number of amides is 1. The Morgan fingerprint density at radius 2 is 1.50 bits per heavy atom. The van der Waals surface area contributed by atoms with Gasteiger partial charge in [0.1, 0.15) is 5.41 Å². The van der Waals surface area contributed by atoms with Crippen molar-refractivity contribution >= 4 is 42.1 Å². The second-order valence-corrected chi connectivity index (χ2v) is 8.87. The first kappa shape index (κ1) is 26.1. The standard InChI is InChI=1S/C28H31N3O.2ClH/c1-2-22-13-14-25-26(21-22)29-27(32)28(25,23-9-5-3-6-10-23)15-16-30-17-19-31(20-18-30)24-11-7-4-8-12-24;;/h3-14,21H,2,15-20H2,1H3,(H,29,32);2*1H. The van der Waals surface area contributed by atoms with Gasteiger partial charge >= 0.3 is 0 Å². The van der Waals surface area contributed by atoms with Crippen LogP contribution in [0.4, 0.5) is 11.4 Å². The van der Waals surface area contributed by atoms with Gasteiger partial charge in [0.05, 0.1) is 0 Å². The van der Waals surface area contributed by atoms with Crippen molar-refractivity contribution in [1.29, 1.82) is 0 Å². The molecule has 6 heteroatoms. The van der Waals surface area contributed by atoms with Gasteiger partial charge in [-0.2, -0.15) is 0 Å². The van der Waals surface area contributed by atoms with Gasteiger partial charge in [0.2, 0.25) is 5.91 Å². The average Bonchev–Trinajstić information content (AvgIpc) is 3.15. The molecule has 5 rings (SSSR count). The molecule has 4 nitrogen and oxygen atoms in total. The molecule has 1 unspecified atom stereocenters. The summed E-state index contributed by atoms with van der Waals surface area (Å²) in [5.74, 6) is 0.106. The first-order valence-corrected chi connectivity index (χ1v) is 11.7. The minimum Gasteiger partial charge on any atom is -0.369 e. The Bertz CT molecular complexity index is 1090. The quantitative estimate of drug-likeness (QED) is 0.485. The third-order valence-electron chi connectivity index (χ3n) is 7.15. The number of halogens is 2. The highest BCUT2D eigenvalue weighted by Gasteiger charge is 2.48. The highest BCUT2D eigenvalue weighted by atomic mass is 35.5. The van der Waals surface area contributed by atoms with Crippen LogP contribution in [0.5, 0.6) is 0 Å². The van der Waals surface area contributed by atoms with Crippen LogP contribution in [-0.4, -0.2) is 43.5 Å². The van der Waals surface area contributed by atoms with Crippen molar-refractivity contribution in [3.8, 4) is 0 Å². The van der Waals surface area contributed by atoms with E-state index in [2.05, 4.69) is 82.7 Å². The molecule has 3 aromatic rings. The molecule has 1 atom stereocenters. The van der Waals surface area contributed by atoms with E-state index in [0.29, 0.717) is 0 Å². The molecule has 1 N–H and O–H groups in total. The van der Waals surface area contributed by atoms with Crippen LogP contribution >= 0.6 is 24.8 Å². The molecular weight excluding hydrogens is 465 g/mol. The Labute approximate surface area is 215 Å². The van der Waals surface area contributed by atoms with Crippen molar-refractivity contribution in [2.75, 3.05) is 42.9 Å². The van der Waals surface area contributed by atoms with Crippen molar-refractivity contribution in [2.24, 2.45) is 0 Å². The van der Waals surface area contributed by atoms with Crippen LogP contribution in [0, 0.1) is 0 Å². The number of carbonyl (C=O) groups excluding carboxylic acids is 1. The topological polar surface area (TPSA) is 35.6 Å². The van der Waals surface area contributed by atoms with Gasteiger partial charge in [-0.05, 0) is 54.3 Å². The lowest BCUT2D eigenvalue weighted by atomic mass is 9.72. The molecule has 1 amide bonds. The summed E-state index contributed by atoms with van der Waals surface area (Å²) in [6, 6.07) is 27.5. The lowest BCUT2D eigenvalue weighted by Crippen LogP contribution is -2.48. The number of benzene rings is 3. The zero-order chi connectivity index (χ0) is 22.0. The molecule has 1 saturated heterocycles. The van der Waals surface area contributed by atoms with Gasteiger partial charge in [-0.25, -0.2) is 0 Å². The fourth-order valence-corrected chi connectivity index (χ4v) is 5.23. The van der Waals surface area contributed by atoms with E-state index in [4.69, 9.17) is 0 Å². The molecule has 3 aromatic carbocycles. The molecular formula is C28H33Cl2N3O. The molecule has 0 aromatic heterocycles. The third kappa shape index (κ3) is 4.81. The molecule has 2 aliphatic rings. The first-order chi connectivity index (χ1) is 15.7. The Morgan fingerprint density at radius 3 is 2.15 bits per heavy atom. The number of rotatable bonds is 6. The van der Waals surface area contributed by atoms with E-state index in [1.807, 2.05) is 18.2 Å². The van der Waals surface area contributed by atoms with Crippen LogP contribution in [0.1, 0.15) is 30.0 Å². The van der Waals surface area contributed by atoms with E-state index in [-0.39, 0.29) is 30.7 Å². The molecule has 2 heterocycles. The Balaban J connectivity index is 0.00000162. The molecule has 0 saturated carbocycles. The van der Waals surface area contributed by atoms with Crippen LogP contribution in [0.25, 0.3) is 0 Å². The molecule has 0 bridgehead atoms. The second-order valence-electron chi connectivity index (χ2n) is 8.87. The predicted molar refractivity (Wildman–Crippen MR) is 146 cm³/mol. The smallest absolute Gasteiger partial charge is 0.239 e.